The molecule has 0 saturated carbocycles. The van der Waals surface area contributed by atoms with Gasteiger partial charge in [-0.05, 0) is 48.4 Å². The van der Waals surface area contributed by atoms with Gasteiger partial charge in [-0.2, -0.15) is 0 Å². The minimum Gasteiger partial charge on any atom is -0.497 e. The quantitative estimate of drug-likeness (QED) is 0.627. The van der Waals surface area contributed by atoms with Crippen LogP contribution in [0.2, 0.25) is 0 Å². The van der Waals surface area contributed by atoms with Crippen LogP contribution in [0, 0.1) is 0 Å². The maximum absolute atomic E-state index is 5.91. The van der Waals surface area contributed by atoms with Crippen LogP contribution in [0.5, 0.6) is 5.75 Å². The molecule has 0 aliphatic rings. The molecule has 0 amide bonds. The molecule has 0 aromatic heterocycles. The van der Waals surface area contributed by atoms with Crippen LogP contribution < -0.4 is 4.74 Å². The molecule has 4 heteroatoms. The van der Waals surface area contributed by atoms with E-state index in [4.69, 9.17) is 16.3 Å². The van der Waals surface area contributed by atoms with Crippen molar-refractivity contribution in [1.29, 1.82) is 0 Å². The van der Waals surface area contributed by atoms with Crippen LogP contribution in [0.1, 0.15) is 18.1 Å². The lowest BCUT2D eigenvalue weighted by Gasteiger charge is -2.11. The lowest BCUT2D eigenvalue weighted by molar-refractivity contribution is 0.414. The summed E-state index contributed by atoms with van der Waals surface area (Å²) in [6.07, 6.45) is 0. The van der Waals surface area contributed by atoms with E-state index in [2.05, 4.69) is 27.5 Å². The average Bonchev–Trinajstić information content (AvgIpc) is 2.48. The number of hydrogen-bond donors (Lipinski definition) is 0. The van der Waals surface area contributed by atoms with Crippen molar-refractivity contribution in [3.63, 3.8) is 0 Å². The molecule has 21 heavy (non-hydrogen) atoms. The van der Waals surface area contributed by atoms with Crippen LogP contribution in [0.3, 0.4) is 0 Å². The van der Waals surface area contributed by atoms with Gasteiger partial charge in [0.05, 0.1) is 12.8 Å². The molecular weight excluding hydrogens is 350 g/mol. The van der Waals surface area contributed by atoms with Crippen molar-refractivity contribution in [2.24, 2.45) is 4.99 Å². The van der Waals surface area contributed by atoms with Gasteiger partial charge in [-0.1, -0.05) is 46.2 Å². The number of aliphatic imine (C=N–C) groups is 1. The zero-order chi connectivity index (χ0) is 15.4. The Morgan fingerprint density at radius 3 is 2.67 bits per heavy atom. The largest absolute Gasteiger partial charge is 0.497 e. The Bertz CT molecular complexity index is 706. The topological polar surface area (TPSA) is 21.6 Å². The summed E-state index contributed by atoms with van der Waals surface area (Å²) in [7, 11) is 1.65. The molecule has 0 unspecified atom stereocenters. The molecule has 0 spiro atoms. The molecular formula is C17H15BrClNO. The van der Waals surface area contributed by atoms with Crippen molar-refractivity contribution in [1.82, 2.24) is 0 Å². The lowest BCUT2D eigenvalue weighted by Crippen LogP contribution is -1.90. The highest BCUT2D eigenvalue weighted by Crippen LogP contribution is 2.33. The normalized spacial score (nSPS) is 11.3. The zero-order valence-electron chi connectivity index (χ0n) is 11.9. The van der Waals surface area contributed by atoms with Gasteiger partial charge in [0.1, 0.15) is 10.9 Å². The molecule has 0 atom stereocenters. The molecule has 0 heterocycles. The Hall–Kier alpha value is -1.58. The fourth-order valence-electron chi connectivity index (χ4n) is 1.98. The molecule has 2 rings (SSSR count). The first-order valence-electron chi connectivity index (χ1n) is 6.35. The second-order valence-electron chi connectivity index (χ2n) is 4.48. The third-order valence-electron chi connectivity index (χ3n) is 2.98. The van der Waals surface area contributed by atoms with Crippen molar-refractivity contribution in [2.45, 2.75) is 6.92 Å². The Balaban J connectivity index is 2.51. The Kier molecular flexibility index (Phi) is 5.21. The smallest absolute Gasteiger partial charge is 0.119 e. The van der Waals surface area contributed by atoms with Crippen LogP contribution in [0.25, 0.3) is 5.57 Å². The second-order valence-corrected chi connectivity index (χ2v) is 5.94. The van der Waals surface area contributed by atoms with E-state index >= 15 is 0 Å². The molecule has 0 N–H and O–H groups in total. The number of ether oxygens (including phenoxy) is 1. The number of halogens is 2. The lowest BCUT2D eigenvalue weighted by atomic mass is 9.98. The van der Waals surface area contributed by atoms with Crippen LogP contribution >= 0.6 is 27.5 Å². The standard InChI is InChI=1S/C17H15BrClNO/c1-11(13-5-4-6-15(9-13)21-3)16-10-14(18)7-8-17(16)20-12(2)19/h4-10H,1H2,2-3H3. The summed E-state index contributed by atoms with van der Waals surface area (Å²) >= 11 is 9.40. The van der Waals surface area contributed by atoms with Gasteiger partial charge in [-0.3, -0.25) is 0 Å². The maximum atomic E-state index is 5.91. The second kappa shape index (κ2) is 6.92. The van der Waals surface area contributed by atoms with E-state index < -0.39 is 0 Å². The van der Waals surface area contributed by atoms with E-state index in [0.717, 1.165) is 32.6 Å². The predicted molar refractivity (Wildman–Crippen MR) is 93.9 cm³/mol. The van der Waals surface area contributed by atoms with Crippen molar-refractivity contribution in [3.8, 4) is 5.75 Å². The molecule has 0 saturated heterocycles. The minimum atomic E-state index is 0.483. The Morgan fingerprint density at radius 1 is 1.24 bits per heavy atom. The van der Waals surface area contributed by atoms with Crippen LogP contribution in [-0.4, -0.2) is 12.3 Å². The summed E-state index contributed by atoms with van der Waals surface area (Å²) in [5.41, 5.74) is 3.57. The maximum Gasteiger partial charge on any atom is 0.119 e. The van der Waals surface area contributed by atoms with Gasteiger partial charge in [0.2, 0.25) is 0 Å². The number of benzene rings is 2. The zero-order valence-corrected chi connectivity index (χ0v) is 14.2. The summed E-state index contributed by atoms with van der Waals surface area (Å²) in [6, 6.07) is 13.6. The van der Waals surface area contributed by atoms with Gasteiger partial charge in [-0.25, -0.2) is 4.99 Å². The molecule has 0 bridgehead atoms. The van der Waals surface area contributed by atoms with Crippen molar-refractivity contribution >= 4 is 44.0 Å². The summed E-state index contributed by atoms with van der Waals surface area (Å²) in [5, 5.41) is 0.483. The average molecular weight is 365 g/mol. The summed E-state index contributed by atoms with van der Waals surface area (Å²) in [4.78, 5) is 4.36. The first-order chi connectivity index (χ1) is 10.0. The van der Waals surface area contributed by atoms with Gasteiger partial charge in [0.25, 0.3) is 0 Å². The number of hydrogen-bond acceptors (Lipinski definition) is 2. The number of rotatable bonds is 4. The first kappa shape index (κ1) is 15.8. The summed E-state index contributed by atoms with van der Waals surface area (Å²) < 4.78 is 6.23. The molecule has 0 aliphatic carbocycles. The van der Waals surface area contributed by atoms with Crippen LogP contribution in [0.15, 0.2) is 58.5 Å². The van der Waals surface area contributed by atoms with Crippen LogP contribution in [0.4, 0.5) is 5.69 Å². The fourth-order valence-corrected chi connectivity index (χ4v) is 2.43. The van der Waals surface area contributed by atoms with Gasteiger partial charge in [0.15, 0.2) is 0 Å². The van der Waals surface area contributed by atoms with E-state index in [1.54, 1.807) is 14.0 Å². The fraction of sp³-hybridized carbons (Fsp3) is 0.118. The SMILES string of the molecule is C=C(c1cccc(OC)c1)c1cc(Br)ccc1N=C(C)Cl. The molecule has 2 nitrogen and oxygen atoms in total. The van der Waals surface area contributed by atoms with Crippen molar-refractivity contribution in [3.05, 3.63) is 64.6 Å². The molecule has 0 aliphatic heterocycles. The third kappa shape index (κ3) is 3.96. The van der Waals surface area contributed by atoms with Crippen LogP contribution in [-0.2, 0) is 0 Å². The Morgan fingerprint density at radius 2 is 2.00 bits per heavy atom. The highest BCUT2D eigenvalue weighted by molar-refractivity contribution is 9.10. The minimum absolute atomic E-state index is 0.483. The van der Waals surface area contributed by atoms with Gasteiger partial charge < -0.3 is 4.74 Å². The highest BCUT2D eigenvalue weighted by atomic mass is 79.9. The molecule has 0 fully saturated rings. The summed E-state index contributed by atoms with van der Waals surface area (Å²) in [6.45, 7) is 5.94. The third-order valence-corrected chi connectivity index (χ3v) is 3.55. The molecule has 2 aromatic rings. The number of nitrogens with zero attached hydrogens (tertiary/aromatic N) is 1. The molecule has 0 radical (unpaired) electrons. The van der Waals surface area contributed by atoms with E-state index in [-0.39, 0.29) is 0 Å². The number of methoxy groups -OCH3 is 1. The monoisotopic (exact) mass is 363 g/mol. The van der Waals surface area contributed by atoms with E-state index in [1.807, 2.05) is 42.5 Å². The van der Waals surface area contributed by atoms with Gasteiger partial charge in [-0.15, -0.1) is 0 Å². The van der Waals surface area contributed by atoms with E-state index in [9.17, 15) is 0 Å². The predicted octanol–water partition coefficient (Wildman–Crippen LogP) is 5.81. The molecule has 2 aromatic carbocycles. The van der Waals surface area contributed by atoms with E-state index in [1.165, 1.54) is 0 Å². The summed E-state index contributed by atoms with van der Waals surface area (Å²) in [5.74, 6) is 0.794. The van der Waals surface area contributed by atoms with Crippen molar-refractivity contribution < 1.29 is 4.74 Å². The Labute approximate surface area is 138 Å². The van der Waals surface area contributed by atoms with Crippen molar-refractivity contribution in [2.75, 3.05) is 7.11 Å². The first-order valence-corrected chi connectivity index (χ1v) is 7.52. The molecule has 108 valence electrons. The highest BCUT2D eigenvalue weighted by Gasteiger charge is 2.10. The van der Waals surface area contributed by atoms with Gasteiger partial charge >= 0.3 is 0 Å². The van der Waals surface area contributed by atoms with E-state index in [0.29, 0.717) is 5.17 Å². The van der Waals surface area contributed by atoms with Gasteiger partial charge in [0, 0.05) is 10.0 Å².